The van der Waals surface area contributed by atoms with Gasteiger partial charge in [-0.15, -0.1) is 0 Å². The fourth-order valence-corrected chi connectivity index (χ4v) is 6.44. The molecule has 1 atom stereocenters. The zero-order valence-corrected chi connectivity index (χ0v) is 19.0. The summed E-state index contributed by atoms with van der Waals surface area (Å²) in [4.78, 5) is 16.8. The number of carbonyl (C=O) groups is 1. The van der Waals surface area contributed by atoms with Crippen LogP contribution in [0.2, 0.25) is 0 Å². The van der Waals surface area contributed by atoms with Gasteiger partial charge >= 0.3 is 0 Å². The maximum Gasteiger partial charge on any atom is 0.251 e. The maximum absolute atomic E-state index is 14.5. The first-order valence-corrected chi connectivity index (χ1v) is 12.5. The van der Waals surface area contributed by atoms with Crippen LogP contribution in [0.1, 0.15) is 23.7 Å². The van der Waals surface area contributed by atoms with Gasteiger partial charge in [0, 0.05) is 22.9 Å². The standard InChI is InChI=1S/C24H22F2N4O3S/c1-24(10-12-34(32,33)14-24)28-23(31)15-4-9-18-20(13-15)30(17-7-5-16(25)6-8-17)29-21(18)19-3-2-11-27-22(19)26/h2-9,11,13,32-33H,10,12,14H2,1H3,(H,28,31). The molecule has 4 aromatic rings. The first-order chi connectivity index (χ1) is 16.1. The van der Waals surface area contributed by atoms with Crippen molar-refractivity contribution in [2.45, 2.75) is 18.9 Å². The highest BCUT2D eigenvalue weighted by Gasteiger charge is 2.39. The third kappa shape index (κ3) is 4.15. The molecule has 0 spiro atoms. The Morgan fingerprint density at radius 1 is 1.15 bits per heavy atom. The zero-order chi connectivity index (χ0) is 24.1. The second-order valence-corrected chi connectivity index (χ2v) is 11.0. The molecule has 0 radical (unpaired) electrons. The van der Waals surface area contributed by atoms with Crippen molar-refractivity contribution < 1.29 is 22.7 Å². The fourth-order valence-electron chi connectivity index (χ4n) is 4.28. The van der Waals surface area contributed by atoms with Crippen molar-refractivity contribution in [3.8, 4) is 16.9 Å². The van der Waals surface area contributed by atoms with E-state index in [0.29, 0.717) is 34.3 Å². The molecule has 0 aliphatic carbocycles. The minimum atomic E-state index is -2.69. The molecule has 1 aliphatic heterocycles. The highest BCUT2D eigenvalue weighted by Crippen LogP contribution is 2.50. The summed E-state index contributed by atoms with van der Waals surface area (Å²) in [6, 6.07) is 13.8. The largest absolute Gasteiger partial charge is 0.345 e. The first kappa shape index (κ1) is 22.5. The number of carbonyl (C=O) groups excluding carboxylic acids is 1. The second-order valence-electron chi connectivity index (χ2n) is 8.73. The highest BCUT2D eigenvalue weighted by atomic mass is 32.3. The van der Waals surface area contributed by atoms with Gasteiger partial charge in [-0.05, 0) is 67.9 Å². The molecule has 1 fully saturated rings. The molecule has 7 nitrogen and oxygen atoms in total. The van der Waals surface area contributed by atoms with Gasteiger partial charge in [-0.3, -0.25) is 13.9 Å². The summed E-state index contributed by atoms with van der Waals surface area (Å²) in [6.07, 6.45) is 1.81. The van der Waals surface area contributed by atoms with Crippen molar-refractivity contribution in [2.24, 2.45) is 0 Å². The molecule has 10 heteroatoms. The number of pyridine rings is 1. The van der Waals surface area contributed by atoms with Gasteiger partial charge in [0.2, 0.25) is 5.95 Å². The molecule has 1 unspecified atom stereocenters. The predicted octanol–water partition coefficient (Wildman–Crippen LogP) is 5.01. The Hall–Kier alpha value is -3.34. The number of amides is 1. The summed E-state index contributed by atoms with van der Waals surface area (Å²) in [6.45, 7) is 1.79. The van der Waals surface area contributed by atoms with E-state index in [2.05, 4.69) is 15.4 Å². The van der Waals surface area contributed by atoms with Gasteiger partial charge in [-0.25, -0.2) is 14.1 Å². The SMILES string of the molecule is CC1(NC(=O)c2ccc3c(-c4cccnc4F)nn(-c4ccc(F)cc4)c3c2)CCS(O)(O)C1. The van der Waals surface area contributed by atoms with Crippen LogP contribution in [0.4, 0.5) is 8.78 Å². The van der Waals surface area contributed by atoms with Gasteiger partial charge in [-0.1, -0.05) is 0 Å². The topological polar surface area (TPSA) is 100 Å². The summed E-state index contributed by atoms with van der Waals surface area (Å²) in [5.41, 5.74) is 1.21. The smallest absolute Gasteiger partial charge is 0.251 e. The molecule has 1 amide bonds. The van der Waals surface area contributed by atoms with E-state index in [-0.39, 0.29) is 23.0 Å². The van der Waals surface area contributed by atoms with Crippen molar-refractivity contribution in [3.63, 3.8) is 0 Å². The Morgan fingerprint density at radius 2 is 1.91 bits per heavy atom. The molecule has 2 aromatic carbocycles. The van der Waals surface area contributed by atoms with Crippen molar-refractivity contribution >= 4 is 27.4 Å². The minimum Gasteiger partial charge on any atom is -0.345 e. The van der Waals surface area contributed by atoms with Gasteiger partial charge in [0.15, 0.2) is 0 Å². The lowest BCUT2D eigenvalue weighted by atomic mass is 10.0. The summed E-state index contributed by atoms with van der Waals surface area (Å²) >= 11 is 0. The number of nitrogens with zero attached hydrogens (tertiary/aromatic N) is 3. The van der Waals surface area contributed by atoms with Crippen LogP contribution in [0, 0.1) is 11.8 Å². The summed E-state index contributed by atoms with van der Waals surface area (Å²) in [5, 5.41) is 8.09. The van der Waals surface area contributed by atoms with Gasteiger partial charge < -0.3 is 5.32 Å². The zero-order valence-electron chi connectivity index (χ0n) is 18.2. The third-order valence-electron chi connectivity index (χ3n) is 5.97. The lowest BCUT2D eigenvalue weighted by molar-refractivity contribution is 0.0915. The minimum absolute atomic E-state index is 0.103. The average Bonchev–Trinajstić information content (AvgIpc) is 3.30. The lowest BCUT2D eigenvalue weighted by Gasteiger charge is -2.30. The number of nitrogens with one attached hydrogen (secondary N) is 1. The number of aromatic nitrogens is 3. The number of halogens is 2. The summed E-state index contributed by atoms with van der Waals surface area (Å²) in [7, 11) is -2.69. The van der Waals surface area contributed by atoms with Crippen molar-refractivity contribution in [1.29, 1.82) is 0 Å². The van der Waals surface area contributed by atoms with E-state index < -0.39 is 27.9 Å². The average molecular weight is 485 g/mol. The molecule has 3 N–H and O–H groups in total. The van der Waals surface area contributed by atoms with Crippen LogP contribution in [0.15, 0.2) is 60.8 Å². The number of rotatable bonds is 4. The lowest BCUT2D eigenvalue weighted by Crippen LogP contribution is -2.46. The van der Waals surface area contributed by atoms with Crippen LogP contribution in [0.25, 0.3) is 27.8 Å². The van der Waals surface area contributed by atoms with Crippen LogP contribution < -0.4 is 5.32 Å². The van der Waals surface area contributed by atoms with Gasteiger partial charge in [-0.2, -0.15) is 20.1 Å². The van der Waals surface area contributed by atoms with Crippen LogP contribution in [0.5, 0.6) is 0 Å². The molecule has 2 aromatic heterocycles. The first-order valence-electron chi connectivity index (χ1n) is 10.6. The monoisotopic (exact) mass is 484 g/mol. The number of hydrogen-bond acceptors (Lipinski definition) is 5. The van der Waals surface area contributed by atoms with E-state index in [0.717, 1.165) is 0 Å². The van der Waals surface area contributed by atoms with Gasteiger partial charge in [0.05, 0.1) is 28.1 Å². The van der Waals surface area contributed by atoms with E-state index in [1.807, 2.05) is 0 Å². The predicted molar refractivity (Wildman–Crippen MR) is 127 cm³/mol. The molecule has 34 heavy (non-hydrogen) atoms. The second kappa shape index (κ2) is 8.15. The normalized spacial score (nSPS) is 20.4. The van der Waals surface area contributed by atoms with Crippen molar-refractivity contribution in [3.05, 3.63) is 78.1 Å². The quantitative estimate of drug-likeness (QED) is 0.354. The molecule has 1 aliphatic rings. The van der Waals surface area contributed by atoms with Crippen molar-refractivity contribution in [2.75, 3.05) is 11.5 Å². The highest BCUT2D eigenvalue weighted by molar-refractivity contribution is 8.24. The van der Waals surface area contributed by atoms with Crippen LogP contribution in [-0.4, -0.2) is 46.8 Å². The van der Waals surface area contributed by atoms with Gasteiger partial charge in [0.1, 0.15) is 11.5 Å². The van der Waals surface area contributed by atoms with E-state index in [1.54, 1.807) is 49.4 Å². The van der Waals surface area contributed by atoms with Crippen LogP contribution in [0.3, 0.4) is 0 Å². The number of fused-ring (bicyclic) bond motifs is 1. The van der Waals surface area contributed by atoms with E-state index in [4.69, 9.17) is 0 Å². The number of hydrogen-bond donors (Lipinski definition) is 3. The maximum atomic E-state index is 14.5. The van der Waals surface area contributed by atoms with E-state index >= 15 is 0 Å². The summed E-state index contributed by atoms with van der Waals surface area (Å²) in [5.74, 6) is -1.10. The Balaban J connectivity index is 1.60. The fraction of sp³-hybridized carbons (Fsp3) is 0.208. The van der Waals surface area contributed by atoms with Crippen molar-refractivity contribution in [1.82, 2.24) is 20.1 Å². The van der Waals surface area contributed by atoms with Crippen LogP contribution >= 0.6 is 10.6 Å². The van der Waals surface area contributed by atoms with Crippen LogP contribution in [-0.2, 0) is 0 Å². The molecule has 1 saturated heterocycles. The molecule has 176 valence electrons. The van der Waals surface area contributed by atoms with Gasteiger partial charge in [0.25, 0.3) is 5.91 Å². The Bertz CT molecular complexity index is 1410. The molecular formula is C24H22F2N4O3S. The Morgan fingerprint density at radius 3 is 2.59 bits per heavy atom. The Kier molecular flexibility index (Phi) is 5.38. The molecule has 5 rings (SSSR count). The summed E-state index contributed by atoms with van der Waals surface area (Å²) < 4.78 is 49.5. The molecule has 3 heterocycles. The molecule has 0 saturated carbocycles. The number of benzene rings is 2. The van der Waals surface area contributed by atoms with E-state index in [1.165, 1.54) is 23.0 Å². The van der Waals surface area contributed by atoms with E-state index in [9.17, 15) is 22.7 Å². The Labute approximate surface area is 195 Å². The molecular weight excluding hydrogens is 462 g/mol. The molecule has 0 bridgehead atoms. The third-order valence-corrected chi connectivity index (χ3v) is 7.93.